The van der Waals surface area contributed by atoms with Crippen LogP contribution in [0.2, 0.25) is 0 Å². The number of pyridine rings is 1. The lowest BCUT2D eigenvalue weighted by atomic mass is 10.2. The average molecular weight is 415 g/mol. The lowest BCUT2D eigenvalue weighted by molar-refractivity contribution is 0.205. The maximum Gasteiger partial charge on any atom is 0.330 e. The van der Waals surface area contributed by atoms with Gasteiger partial charge in [-0.2, -0.15) is 5.10 Å². The van der Waals surface area contributed by atoms with Crippen molar-refractivity contribution in [1.82, 2.24) is 24.3 Å². The molecule has 162 valence electrons. The number of anilines is 2. The highest BCUT2D eigenvalue weighted by Crippen LogP contribution is 2.22. The van der Waals surface area contributed by atoms with Gasteiger partial charge in [-0.25, -0.2) is 9.78 Å². The first-order valence-electron chi connectivity index (χ1n) is 9.87. The van der Waals surface area contributed by atoms with Gasteiger partial charge in [0.25, 0.3) is 5.56 Å². The lowest BCUT2D eigenvalue weighted by Crippen LogP contribution is -2.40. The first kappa shape index (κ1) is 21.6. The van der Waals surface area contributed by atoms with Crippen LogP contribution in [0.3, 0.4) is 0 Å². The number of nitrogen functional groups attached to an aromatic ring is 1. The fraction of sp³-hybridized carbons (Fsp3) is 0.500. The van der Waals surface area contributed by atoms with E-state index in [9.17, 15) is 9.59 Å². The predicted molar refractivity (Wildman–Crippen MR) is 117 cm³/mol. The van der Waals surface area contributed by atoms with Crippen molar-refractivity contribution >= 4 is 22.5 Å². The normalized spacial score (nSPS) is 11.5. The molecule has 0 unspecified atom stereocenters. The van der Waals surface area contributed by atoms with Gasteiger partial charge < -0.3 is 15.4 Å². The van der Waals surface area contributed by atoms with Crippen molar-refractivity contribution in [2.45, 2.75) is 33.9 Å². The van der Waals surface area contributed by atoms with E-state index in [2.05, 4.69) is 15.1 Å². The molecule has 0 aliphatic heterocycles. The Morgan fingerprint density at radius 1 is 1.33 bits per heavy atom. The number of aromatic amines is 1. The molecular formula is C20H29N7O3. The van der Waals surface area contributed by atoms with E-state index in [1.54, 1.807) is 18.0 Å². The number of nitrogens with two attached hydrogens (primary N) is 1. The van der Waals surface area contributed by atoms with E-state index < -0.39 is 11.2 Å². The summed E-state index contributed by atoms with van der Waals surface area (Å²) in [5.41, 5.74) is 8.13. The topological polar surface area (TPSA) is 124 Å². The van der Waals surface area contributed by atoms with Gasteiger partial charge in [0.15, 0.2) is 5.65 Å². The van der Waals surface area contributed by atoms with Crippen molar-refractivity contribution in [3.63, 3.8) is 0 Å². The number of aromatic nitrogens is 5. The van der Waals surface area contributed by atoms with Crippen LogP contribution in [-0.2, 0) is 24.9 Å². The van der Waals surface area contributed by atoms with Gasteiger partial charge in [0.05, 0.1) is 12.3 Å². The fourth-order valence-corrected chi connectivity index (χ4v) is 3.56. The largest absolute Gasteiger partial charge is 0.383 e. The smallest absolute Gasteiger partial charge is 0.330 e. The Hall–Kier alpha value is -3.14. The Morgan fingerprint density at radius 2 is 2.07 bits per heavy atom. The molecule has 3 heterocycles. The molecule has 3 aromatic rings. The number of methoxy groups -OCH3 is 1. The molecule has 10 heteroatoms. The second-order valence-electron chi connectivity index (χ2n) is 7.84. The minimum atomic E-state index is -0.514. The summed E-state index contributed by atoms with van der Waals surface area (Å²) >= 11 is 0. The van der Waals surface area contributed by atoms with Crippen LogP contribution in [0.1, 0.15) is 25.1 Å². The van der Waals surface area contributed by atoms with E-state index >= 15 is 0 Å². The molecule has 0 spiro atoms. The van der Waals surface area contributed by atoms with Gasteiger partial charge in [-0.05, 0) is 24.5 Å². The minimum Gasteiger partial charge on any atom is -0.383 e. The summed E-state index contributed by atoms with van der Waals surface area (Å²) in [6, 6.07) is 2.01. The van der Waals surface area contributed by atoms with E-state index in [1.807, 2.05) is 38.8 Å². The molecule has 0 amide bonds. The molecule has 3 aromatic heterocycles. The molecule has 30 heavy (non-hydrogen) atoms. The average Bonchev–Trinajstić information content (AvgIpc) is 2.96. The van der Waals surface area contributed by atoms with Gasteiger partial charge in [-0.1, -0.05) is 13.8 Å². The lowest BCUT2D eigenvalue weighted by Gasteiger charge is -2.26. The molecular weight excluding hydrogens is 386 g/mol. The van der Waals surface area contributed by atoms with Gasteiger partial charge in [0.1, 0.15) is 11.5 Å². The molecule has 3 N–H and O–H groups in total. The Morgan fingerprint density at radius 3 is 2.73 bits per heavy atom. The number of H-pyrrole nitrogens is 1. The van der Waals surface area contributed by atoms with Gasteiger partial charge in [-0.15, -0.1) is 0 Å². The summed E-state index contributed by atoms with van der Waals surface area (Å²) in [6.07, 6.45) is 1.76. The van der Waals surface area contributed by atoms with E-state index in [0.29, 0.717) is 26.2 Å². The monoisotopic (exact) mass is 415 g/mol. The van der Waals surface area contributed by atoms with Crippen molar-refractivity contribution in [3.8, 4) is 0 Å². The van der Waals surface area contributed by atoms with Crippen LogP contribution in [0.4, 0.5) is 11.5 Å². The SMILES string of the molecule is COCCN(Cc1cnc2c(c1)c(C)nn2C)c1c(N)n(CC(C)C)c(=O)[nH]c1=O. The van der Waals surface area contributed by atoms with Crippen LogP contribution in [0, 0.1) is 12.8 Å². The number of fused-ring (bicyclic) bond motifs is 1. The highest BCUT2D eigenvalue weighted by molar-refractivity contribution is 5.78. The van der Waals surface area contributed by atoms with Gasteiger partial charge in [0.2, 0.25) is 0 Å². The number of rotatable bonds is 8. The highest BCUT2D eigenvalue weighted by atomic mass is 16.5. The fourth-order valence-electron chi connectivity index (χ4n) is 3.56. The van der Waals surface area contributed by atoms with E-state index in [0.717, 1.165) is 22.3 Å². The molecule has 0 radical (unpaired) electrons. The molecule has 0 atom stereocenters. The van der Waals surface area contributed by atoms with Crippen LogP contribution in [-0.4, -0.2) is 44.6 Å². The maximum atomic E-state index is 12.7. The van der Waals surface area contributed by atoms with Crippen LogP contribution in [0.5, 0.6) is 0 Å². The number of aryl methyl sites for hydroxylation is 2. The Balaban J connectivity index is 2.06. The summed E-state index contributed by atoms with van der Waals surface area (Å²) in [5.74, 6) is 0.344. The van der Waals surface area contributed by atoms with Crippen molar-refractivity contribution in [2.75, 3.05) is 30.9 Å². The summed E-state index contributed by atoms with van der Waals surface area (Å²) in [6.45, 7) is 7.51. The minimum absolute atomic E-state index is 0.153. The molecule has 0 aliphatic carbocycles. The first-order valence-corrected chi connectivity index (χ1v) is 9.87. The summed E-state index contributed by atoms with van der Waals surface area (Å²) < 4.78 is 8.38. The van der Waals surface area contributed by atoms with Crippen LogP contribution in [0.15, 0.2) is 21.9 Å². The summed E-state index contributed by atoms with van der Waals surface area (Å²) in [5, 5.41) is 5.35. The number of ether oxygens (including phenoxy) is 1. The quantitative estimate of drug-likeness (QED) is 0.563. The number of hydrogen-bond acceptors (Lipinski definition) is 7. The Labute approximate surface area is 174 Å². The molecule has 0 saturated heterocycles. The second-order valence-corrected chi connectivity index (χ2v) is 7.84. The zero-order valence-electron chi connectivity index (χ0n) is 18.1. The molecule has 0 saturated carbocycles. The molecule has 0 aromatic carbocycles. The van der Waals surface area contributed by atoms with Gasteiger partial charge in [0, 0.05) is 45.4 Å². The zero-order valence-corrected chi connectivity index (χ0v) is 18.1. The number of nitrogens with one attached hydrogen (secondary N) is 1. The van der Waals surface area contributed by atoms with Gasteiger partial charge >= 0.3 is 5.69 Å². The first-order chi connectivity index (χ1) is 14.2. The third-order valence-electron chi connectivity index (χ3n) is 4.94. The van der Waals surface area contributed by atoms with E-state index in [4.69, 9.17) is 10.5 Å². The second kappa shape index (κ2) is 8.70. The van der Waals surface area contributed by atoms with Crippen molar-refractivity contribution < 1.29 is 4.74 Å². The van der Waals surface area contributed by atoms with Crippen LogP contribution >= 0.6 is 0 Å². The Kier molecular flexibility index (Phi) is 6.25. The highest BCUT2D eigenvalue weighted by Gasteiger charge is 2.20. The van der Waals surface area contributed by atoms with Crippen LogP contribution in [0.25, 0.3) is 11.0 Å². The van der Waals surface area contributed by atoms with Crippen molar-refractivity contribution in [2.24, 2.45) is 13.0 Å². The molecule has 10 nitrogen and oxygen atoms in total. The number of nitrogens with zero attached hydrogens (tertiary/aromatic N) is 5. The standard InChI is InChI=1S/C20H29N7O3/c1-12(2)10-27-17(21)16(19(28)23-20(27)29)26(6-7-30-5)11-14-8-15-13(3)24-25(4)18(15)22-9-14/h8-9,12H,6-7,10-11,21H2,1-5H3,(H,23,28,29). The third kappa shape index (κ3) is 4.23. The predicted octanol–water partition coefficient (Wildman–Crippen LogP) is 1.02. The van der Waals surface area contributed by atoms with Gasteiger partial charge in [-0.3, -0.25) is 19.0 Å². The van der Waals surface area contributed by atoms with E-state index in [1.165, 1.54) is 4.57 Å². The van der Waals surface area contributed by atoms with Crippen molar-refractivity contribution in [1.29, 1.82) is 0 Å². The summed E-state index contributed by atoms with van der Waals surface area (Å²) in [4.78, 5) is 33.7. The molecule has 0 aliphatic rings. The number of hydrogen-bond donors (Lipinski definition) is 2. The molecule has 0 bridgehead atoms. The zero-order chi connectivity index (χ0) is 22.0. The van der Waals surface area contributed by atoms with Crippen LogP contribution < -0.4 is 21.9 Å². The van der Waals surface area contributed by atoms with Crippen molar-refractivity contribution in [3.05, 3.63) is 44.4 Å². The summed E-state index contributed by atoms with van der Waals surface area (Å²) in [7, 11) is 3.45. The Bertz CT molecular complexity index is 1160. The molecule has 0 fully saturated rings. The molecule has 3 rings (SSSR count). The third-order valence-corrected chi connectivity index (χ3v) is 4.94. The van der Waals surface area contributed by atoms with E-state index in [-0.39, 0.29) is 17.4 Å². The maximum absolute atomic E-state index is 12.7.